The summed E-state index contributed by atoms with van der Waals surface area (Å²) in [5.74, 6) is -1.32. The fourth-order valence-electron chi connectivity index (χ4n) is 2.50. The Kier molecular flexibility index (Phi) is 5.07. The molecule has 0 fully saturated rings. The zero-order valence-corrected chi connectivity index (χ0v) is 14.6. The molecule has 1 amide bonds. The van der Waals surface area contributed by atoms with Crippen LogP contribution in [-0.2, 0) is 4.79 Å². The van der Waals surface area contributed by atoms with Crippen molar-refractivity contribution in [1.82, 2.24) is 14.7 Å². The van der Waals surface area contributed by atoms with Gasteiger partial charge in [0.15, 0.2) is 0 Å². The summed E-state index contributed by atoms with van der Waals surface area (Å²) in [7, 11) is 1.49. The maximum atomic E-state index is 12.7. The molecule has 6 heteroatoms. The van der Waals surface area contributed by atoms with Crippen molar-refractivity contribution in [3.63, 3.8) is 0 Å². The Morgan fingerprint density at radius 3 is 2.25 bits per heavy atom. The Morgan fingerprint density at radius 1 is 1.17 bits per heavy atom. The smallest absolute Gasteiger partial charge is 0.326 e. The molecule has 24 heavy (non-hydrogen) atoms. The van der Waals surface area contributed by atoms with E-state index in [1.807, 2.05) is 45.0 Å². The van der Waals surface area contributed by atoms with E-state index in [-0.39, 0.29) is 11.8 Å². The number of benzene rings is 1. The van der Waals surface area contributed by atoms with Crippen molar-refractivity contribution in [3.05, 3.63) is 47.3 Å². The summed E-state index contributed by atoms with van der Waals surface area (Å²) < 4.78 is 1.75. The minimum atomic E-state index is -1.04. The molecule has 6 nitrogen and oxygen atoms in total. The van der Waals surface area contributed by atoms with Gasteiger partial charge in [0, 0.05) is 7.05 Å². The number of aryl methyl sites for hydroxylation is 1. The van der Waals surface area contributed by atoms with Crippen LogP contribution in [0, 0.1) is 6.92 Å². The summed E-state index contributed by atoms with van der Waals surface area (Å²) in [5.41, 5.74) is 3.22. The van der Waals surface area contributed by atoms with Gasteiger partial charge in [-0.1, -0.05) is 31.5 Å². The number of likely N-dealkylation sites (N-methyl/N-ethyl adjacent to an activating group) is 1. The molecule has 2 rings (SSSR count). The lowest BCUT2D eigenvalue weighted by Gasteiger charge is -2.22. The van der Waals surface area contributed by atoms with Crippen LogP contribution >= 0.6 is 0 Å². The second-order valence-electron chi connectivity index (χ2n) is 6.28. The van der Waals surface area contributed by atoms with E-state index in [4.69, 9.17) is 5.11 Å². The van der Waals surface area contributed by atoms with Crippen molar-refractivity contribution < 1.29 is 14.7 Å². The van der Waals surface area contributed by atoms with E-state index in [1.54, 1.807) is 4.68 Å². The van der Waals surface area contributed by atoms with Crippen LogP contribution in [0.3, 0.4) is 0 Å². The van der Waals surface area contributed by atoms with E-state index >= 15 is 0 Å². The number of aliphatic carboxylic acids is 1. The molecule has 0 radical (unpaired) electrons. The van der Waals surface area contributed by atoms with Crippen LogP contribution < -0.4 is 0 Å². The van der Waals surface area contributed by atoms with E-state index in [9.17, 15) is 9.59 Å². The van der Waals surface area contributed by atoms with Crippen molar-refractivity contribution in [2.24, 2.45) is 0 Å². The van der Waals surface area contributed by atoms with E-state index < -0.39 is 12.0 Å². The predicted molar refractivity (Wildman–Crippen MR) is 91.6 cm³/mol. The molecule has 0 saturated heterocycles. The molecule has 2 aromatic rings. The number of hydrogen-bond donors (Lipinski definition) is 1. The first-order valence-corrected chi connectivity index (χ1v) is 7.89. The first-order valence-electron chi connectivity index (χ1n) is 7.89. The Morgan fingerprint density at radius 2 is 1.75 bits per heavy atom. The fraction of sp³-hybridized carbons (Fsp3) is 0.389. The number of nitrogens with zero attached hydrogens (tertiary/aromatic N) is 3. The molecule has 0 aliphatic rings. The second kappa shape index (κ2) is 6.86. The Bertz CT molecular complexity index is 747. The van der Waals surface area contributed by atoms with Crippen LogP contribution in [0.4, 0.5) is 0 Å². The molecule has 0 bridgehead atoms. The van der Waals surface area contributed by atoms with Crippen LogP contribution in [0.15, 0.2) is 30.5 Å². The Labute approximate surface area is 141 Å². The second-order valence-corrected chi connectivity index (χ2v) is 6.28. The summed E-state index contributed by atoms with van der Waals surface area (Å²) in [5, 5.41) is 13.5. The highest BCUT2D eigenvalue weighted by molar-refractivity contribution is 5.97. The van der Waals surface area contributed by atoms with Gasteiger partial charge >= 0.3 is 5.97 Å². The number of carbonyl (C=O) groups is 2. The number of rotatable bonds is 5. The average Bonchev–Trinajstić information content (AvgIpc) is 2.98. The third-order valence-corrected chi connectivity index (χ3v) is 4.12. The normalized spacial score (nSPS) is 12.2. The molecule has 0 aliphatic carbocycles. The van der Waals surface area contributed by atoms with Gasteiger partial charge in [-0.3, -0.25) is 4.79 Å². The van der Waals surface area contributed by atoms with Crippen LogP contribution in [0.2, 0.25) is 0 Å². The Balaban J connectivity index is 2.47. The van der Waals surface area contributed by atoms with E-state index in [0.29, 0.717) is 5.56 Å². The van der Waals surface area contributed by atoms with Gasteiger partial charge in [0.05, 0.1) is 23.1 Å². The number of carbonyl (C=O) groups excluding carboxylic acids is 1. The maximum absolute atomic E-state index is 12.7. The van der Waals surface area contributed by atoms with Gasteiger partial charge in [-0.25, -0.2) is 9.48 Å². The zero-order valence-electron chi connectivity index (χ0n) is 14.6. The van der Waals surface area contributed by atoms with Gasteiger partial charge < -0.3 is 10.0 Å². The lowest BCUT2D eigenvalue weighted by Crippen LogP contribution is -2.40. The van der Waals surface area contributed by atoms with E-state index in [1.165, 1.54) is 25.1 Å². The van der Waals surface area contributed by atoms with Gasteiger partial charge in [0.2, 0.25) is 0 Å². The van der Waals surface area contributed by atoms with Crippen molar-refractivity contribution in [2.45, 2.75) is 39.7 Å². The van der Waals surface area contributed by atoms with Crippen molar-refractivity contribution in [3.8, 4) is 5.69 Å². The molecule has 1 unspecified atom stereocenters. The third-order valence-electron chi connectivity index (χ3n) is 4.12. The van der Waals surface area contributed by atoms with E-state index in [2.05, 4.69) is 5.10 Å². The SMILES string of the molecule is Cc1ccc(-n2ncc(C(=O)N(C)C(C)C(=O)O)c2C(C)C)cc1. The average molecular weight is 329 g/mol. The van der Waals surface area contributed by atoms with Gasteiger partial charge in [0.25, 0.3) is 5.91 Å². The summed E-state index contributed by atoms with van der Waals surface area (Å²) in [6, 6.07) is 6.97. The van der Waals surface area contributed by atoms with Crippen molar-refractivity contribution in [1.29, 1.82) is 0 Å². The highest BCUT2D eigenvalue weighted by atomic mass is 16.4. The molecule has 0 spiro atoms. The summed E-state index contributed by atoms with van der Waals surface area (Å²) >= 11 is 0. The monoisotopic (exact) mass is 329 g/mol. The Hall–Kier alpha value is -2.63. The maximum Gasteiger partial charge on any atom is 0.326 e. The number of amides is 1. The summed E-state index contributed by atoms with van der Waals surface area (Å²) in [4.78, 5) is 25.1. The van der Waals surface area contributed by atoms with Gasteiger partial charge in [-0.2, -0.15) is 5.10 Å². The first-order chi connectivity index (χ1) is 11.2. The predicted octanol–water partition coefficient (Wildman–Crippen LogP) is 2.85. The van der Waals surface area contributed by atoms with Crippen LogP contribution in [0.25, 0.3) is 5.69 Å². The molecule has 0 aliphatic heterocycles. The van der Waals surface area contributed by atoms with Gasteiger partial charge in [0.1, 0.15) is 6.04 Å². The fourth-order valence-corrected chi connectivity index (χ4v) is 2.50. The standard InChI is InChI=1S/C18H23N3O3/c1-11(2)16-15(17(22)20(5)13(4)18(23)24)10-19-21(16)14-8-6-12(3)7-9-14/h6-11,13H,1-5H3,(H,23,24). The van der Waals surface area contributed by atoms with Crippen LogP contribution in [0.5, 0.6) is 0 Å². The molecule has 0 saturated carbocycles. The summed E-state index contributed by atoms with van der Waals surface area (Å²) in [6.07, 6.45) is 1.52. The largest absolute Gasteiger partial charge is 0.480 e. The number of hydrogen-bond acceptors (Lipinski definition) is 3. The van der Waals surface area contributed by atoms with Crippen LogP contribution in [0.1, 0.15) is 48.3 Å². The van der Waals surface area contributed by atoms with Crippen molar-refractivity contribution in [2.75, 3.05) is 7.05 Å². The molecule has 128 valence electrons. The van der Waals surface area contributed by atoms with Gasteiger partial charge in [-0.05, 0) is 31.9 Å². The quantitative estimate of drug-likeness (QED) is 0.915. The van der Waals surface area contributed by atoms with E-state index in [0.717, 1.165) is 16.9 Å². The first kappa shape index (κ1) is 17.7. The molecular formula is C18H23N3O3. The molecule has 1 aromatic heterocycles. The lowest BCUT2D eigenvalue weighted by atomic mass is 10.0. The third kappa shape index (κ3) is 3.32. The molecular weight excluding hydrogens is 306 g/mol. The summed E-state index contributed by atoms with van der Waals surface area (Å²) in [6.45, 7) is 7.46. The van der Waals surface area contributed by atoms with Crippen LogP contribution in [-0.4, -0.2) is 44.8 Å². The highest BCUT2D eigenvalue weighted by Crippen LogP contribution is 2.24. The number of carboxylic acids is 1. The number of aromatic nitrogens is 2. The molecule has 1 atom stereocenters. The van der Waals surface area contributed by atoms with Gasteiger partial charge in [-0.15, -0.1) is 0 Å². The minimum Gasteiger partial charge on any atom is -0.480 e. The number of carboxylic acid groups (broad SMARTS) is 1. The zero-order chi connectivity index (χ0) is 18.0. The molecule has 1 N–H and O–H groups in total. The lowest BCUT2D eigenvalue weighted by molar-refractivity contribution is -0.141. The topological polar surface area (TPSA) is 75.4 Å². The minimum absolute atomic E-state index is 0.0567. The molecule has 1 heterocycles. The van der Waals surface area contributed by atoms with Crippen molar-refractivity contribution >= 4 is 11.9 Å². The highest BCUT2D eigenvalue weighted by Gasteiger charge is 2.28. The molecule has 1 aromatic carbocycles.